The SMILES string of the molecule is [Cu+2].[O-]/C(=N\N=C/c1cccc(F)c1)c1ccncc1.[O-]/C(=N\N=C\c1cccc(F)c1)c1ccncc1. The first-order valence-corrected chi connectivity index (χ1v) is 10.4. The van der Waals surface area contributed by atoms with Gasteiger partial charge in [0, 0.05) is 36.6 Å². The van der Waals surface area contributed by atoms with Crippen molar-refractivity contribution in [2.45, 2.75) is 0 Å². The van der Waals surface area contributed by atoms with Crippen molar-refractivity contribution in [3.05, 3.63) is 131 Å². The maximum absolute atomic E-state index is 12.9. The summed E-state index contributed by atoms with van der Waals surface area (Å²) in [5, 5.41) is 37.3. The van der Waals surface area contributed by atoms with Crippen molar-refractivity contribution in [3.8, 4) is 0 Å². The minimum absolute atomic E-state index is 0. The maximum atomic E-state index is 12.9. The van der Waals surface area contributed by atoms with Crippen LogP contribution in [0.1, 0.15) is 22.3 Å². The van der Waals surface area contributed by atoms with E-state index in [2.05, 4.69) is 30.4 Å². The number of benzene rings is 2. The molecule has 0 amide bonds. The fourth-order valence-electron chi connectivity index (χ4n) is 2.57. The van der Waals surface area contributed by atoms with Crippen molar-refractivity contribution in [3.63, 3.8) is 0 Å². The minimum Gasteiger partial charge on any atom is -0.857 e. The maximum Gasteiger partial charge on any atom is 2.00 e. The number of halogens is 2. The quantitative estimate of drug-likeness (QED) is 0.159. The number of rotatable bonds is 6. The summed E-state index contributed by atoms with van der Waals surface area (Å²) in [6, 6.07) is 17.9. The molecule has 1 radical (unpaired) electrons. The molecule has 2 heterocycles. The largest absolute Gasteiger partial charge is 2.00 e. The van der Waals surface area contributed by atoms with Gasteiger partial charge in [-0.05, 0) is 70.8 Å². The van der Waals surface area contributed by atoms with Crippen LogP contribution >= 0.6 is 0 Å². The third kappa shape index (κ3) is 10.3. The smallest absolute Gasteiger partial charge is 0.857 e. The van der Waals surface area contributed by atoms with Crippen molar-refractivity contribution in [1.82, 2.24) is 9.97 Å². The van der Waals surface area contributed by atoms with Crippen LogP contribution in [0.4, 0.5) is 8.78 Å². The van der Waals surface area contributed by atoms with Crippen molar-refractivity contribution < 1.29 is 36.1 Å². The molecule has 0 aliphatic carbocycles. The number of pyridine rings is 2. The Kier molecular flexibility index (Phi) is 11.9. The van der Waals surface area contributed by atoms with E-state index >= 15 is 0 Å². The van der Waals surface area contributed by atoms with Crippen LogP contribution in [0.5, 0.6) is 0 Å². The monoisotopic (exact) mass is 547 g/mol. The first-order chi connectivity index (χ1) is 17.5. The number of hydrogen-bond acceptors (Lipinski definition) is 8. The molecule has 8 nitrogen and oxygen atoms in total. The van der Waals surface area contributed by atoms with Crippen LogP contribution in [-0.2, 0) is 17.1 Å². The molecule has 0 aliphatic heterocycles. The van der Waals surface area contributed by atoms with Gasteiger partial charge in [0.1, 0.15) is 11.6 Å². The summed E-state index contributed by atoms with van der Waals surface area (Å²) in [6.45, 7) is 0. The van der Waals surface area contributed by atoms with Crippen molar-refractivity contribution >= 4 is 24.2 Å². The van der Waals surface area contributed by atoms with E-state index in [-0.39, 0.29) is 28.7 Å². The van der Waals surface area contributed by atoms with Gasteiger partial charge in [-0.2, -0.15) is 20.4 Å². The van der Waals surface area contributed by atoms with Gasteiger partial charge in [0.15, 0.2) is 0 Å². The molecule has 0 N–H and O–H groups in total. The zero-order valence-corrected chi connectivity index (χ0v) is 19.9. The Hall–Kier alpha value is -4.60. The van der Waals surface area contributed by atoms with Crippen LogP contribution in [-0.4, -0.2) is 34.2 Å². The van der Waals surface area contributed by atoms with E-state index in [1.165, 1.54) is 61.5 Å². The Morgan fingerprint density at radius 1 is 0.622 bits per heavy atom. The summed E-state index contributed by atoms with van der Waals surface area (Å²) in [5.74, 6) is -1.66. The molecule has 11 heteroatoms. The third-order valence-electron chi connectivity index (χ3n) is 4.26. The van der Waals surface area contributed by atoms with Gasteiger partial charge in [0.2, 0.25) is 0 Å². The van der Waals surface area contributed by atoms with Crippen LogP contribution in [0.15, 0.2) is 118 Å². The molecule has 0 aliphatic rings. The van der Waals surface area contributed by atoms with E-state index in [0.29, 0.717) is 22.3 Å². The Bertz CT molecular complexity index is 1280. The van der Waals surface area contributed by atoms with Crippen molar-refractivity contribution in [2.24, 2.45) is 20.4 Å². The van der Waals surface area contributed by atoms with Gasteiger partial charge in [-0.25, -0.2) is 8.78 Å². The average Bonchev–Trinajstić information content (AvgIpc) is 2.90. The zero-order valence-electron chi connectivity index (χ0n) is 18.9. The van der Waals surface area contributed by atoms with E-state index < -0.39 is 11.8 Å². The van der Waals surface area contributed by atoms with Gasteiger partial charge in [-0.1, -0.05) is 24.3 Å². The van der Waals surface area contributed by atoms with E-state index in [1.54, 1.807) is 48.5 Å². The van der Waals surface area contributed by atoms with E-state index in [9.17, 15) is 19.0 Å². The second-order valence-electron chi connectivity index (χ2n) is 6.88. The van der Waals surface area contributed by atoms with E-state index in [1.807, 2.05) is 0 Å². The molecule has 37 heavy (non-hydrogen) atoms. The normalized spacial score (nSPS) is 11.6. The summed E-state index contributed by atoms with van der Waals surface area (Å²) < 4.78 is 25.7. The molecule has 2 aromatic heterocycles. The molecule has 4 rings (SSSR count). The number of nitrogens with zero attached hydrogens (tertiary/aromatic N) is 6. The summed E-state index contributed by atoms with van der Waals surface area (Å²) in [6.07, 6.45) is 8.64. The Morgan fingerprint density at radius 2 is 1.00 bits per heavy atom. The molecule has 0 bridgehead atoms. The topological polar surface area (TPSA) is 121 Å². The summed E-state index contributed by atoms with van der Waals surface area (Å²) in [7, 11) is 0. The average molecular weight is 548 g/mol. The minimum atomic E-state index is -0.468. The standard InChI is InChI=1S/2C13H10FN3O.Cu/c2*14-12-3-1-2-10(8-12)9-16-17-13(18)11-4-6-15-7-5-11;/h2*1-9H,(H,17,18);/q;;+2/p-2/b16-9+;16-9-;. The second kappa shape index (κ2) is 15.4. The van der Waals surface area contributed by atoms with Gasteiger partial charge < -0.3 is 10.2 Å². The molecule has 2 aromatic carbocycles. The van der Waals surface area contributed by atoms with E-state index in [4.69, 9.17) is 0 Å². The molecular weight excluding hydrogens is 530 g/mol. The van der Waals surface area contributed by atoms with Gasteiger partial charge >= 0.3 is 17.1 Å². The van der Waals surface area contributed by atoms with Gasteiger partial charge in [-0.3, -0.25) is 9.97 Å². The van der Waals surface area contributed by atoms with Crippen LogP contribution in [0.2, 0.25) is 0 Å². The molecule has 0 atom stereocenters. The predicted molar refractivity (Wildman–Crippen MR) is 130 cm³/mol. The number of aromatic nitrogens is 2. The molecule has 0 saturated heterocycles. The van der Waals surface area contributed by atoms with Crippen LogP contribution in [0, 0.1) is 11.6 Å². The second-order valence-corrected chi connectivity index (χ2v) is 6.88. The molecule has 0 fully saturated rings. The molecular formula is C26H18CuF2N6O2. The Labute approximate surface area is 222 Å². The molecule has 0 unspecified atom stereocenters. The van der Waals surface area contributed by atoms with E-state index in [0.717, 1.165) is 0 Å². The molecule has 0 spiro atoms. The molecule has 189 valence electrons. The van der Waals surface area contributed by atoms with Crippen LogP contribution in [0.3, 0.4) is 0 Å². The zero-order chi connectivity index (χ0) is 25.6. The first-order valence-electron chi connectivity index (χ1n) is 10.4. The summed E-state index contributed by atoms with van der Waals surface area (Å²) in [5.41, 5.74) is 1.89. The fourth-order valence-corrected chi connectivity index (χ4v) is 2.57. The van der Waals surface area contributed by atoms with Crippen LogP contribution < -0.4 is 10.2 Å². The van der Waals surface area contributed by atoms with Gasteiger partial charge in [0.25, 0.3) is 0 Å². The predicted octanol–water partition coefficient (Wildman–Crippen LogP) is 2.72. The molecule has 0 saturated carbocycles. The molecule has 4 aromatic rings. The number of hydrogen-bond donors (Lipinski definition) is 0. The van der Waals surface area contributed by atoms with Crippen molar-refractivity contribution in [1.29, 1.82) is 0 Å². The summed E-state index contributed by atoms with van der Waals surface area (Å²) >= 11 is 0. The Morgan fingerprint density at radius 3 is 1.35 bits per heavy atom. The van der Waals surface area contributed by atoms with Gasteiger partial charge in [0.05, 0.1) is 12.4 Å². The first kappa shape index (κ1) is 28.6. The van der Waals surface area contributed by atoms with Crippen molar-refractivity contribution in [2.75, 3.05) is 0 Å². The Balaban J connectivity index is 0.000000253. The van der Waals surface area contributed by atoms with Gasteiger partial charge in [-0.15, -0.1) is 0 Å². The summed E-state index contributed by atoms with van der Waals surface area (Å²) in [4.78, 5) is 7.58. The fraction of sp³-hybridized carbons (Fsp3) is 0. The third-order valence-corrected chi connectivity index (χ3v) is 4.26. The van der Waals surface area contributed by atoms with Crippen LogP contribution in [0.25, 0.3) is 0 Å².